The maximum absolute atomic E-state index is 12.3. The minimum absolute atomic E-state index is 0.177. The van der Waals surface area contributed by atoms with E-state index in [1.807, 2.05) is 0 Å². The van der Waals surface area contributed by atoms with Gasteiger partial charge in [-0.25, -0.2) is 0 Å². The topological polar surface area (TPSA) is 63.7 Å². The van der Waals surface area contributed by atoms with Crippen molar-refractivity contribution in [3.8, 4) is 0 Å². The molecule has 5 nitrogen and oxygen atoms in total. The number of carbonyl (C=O) groups is 3. The van der Waals surface area contributed by atoms with E-state index in [1.54, 1.807) is 32.0 Å². The van der Waals surface area contributed by atoms with Crippen LogP contribution in [-0.2, 0) is 14.3 Å². The molecule has 122 valence electrons. The second-order valence-electron chi connectivity index (χ2n) is 4.95. The third kappa shape index (κ3) is 4.28. The van der Waals surface area contributed by atoms with E-state index in [9.17, 15) is 14.4 Å². The van der Waals surface area contributed by atoms with E-state index in [0.29, 0.717) is 15.6 Å². The summed E-state index contributed by atoms with van der Waals surface area (Å²) in [6.07, 6.45) is 1.16. The van der Waals surface area contributed by atoms with Crippen LogP contribution in [0.1, 0.15) is 19.4 Å². The van der Waals surface area contributed by atoms with Crippen LogP contribution in [-0.4, -0.2) is 34.7 Å². The van der Waals surface area contributed by atoms with E-state index in [1.165, 1.54) is 6.08 Å². The number of thioether (sulfide) groups is 1. The Labute approximate surface area is 147 Å². The largest absolute Gasteiger partial charge is 0.462 e. The van der Waals surface area contributed by atoms with Gasteiger partial charge in [0.1, 0.15) is 6.54 Å². The average Bonchev–Trinajstić information content (AvgIpc) is 2.71. The first-order valence-electron chi connectivity index (χ1n) is 6.68. The number of rotatable bonds is 4. The first-order chi connectivity index (χ1) is 10.8. The third-order valence-electron chi connectivity index (χ3n) is 2.80. The predicted molar refractivity (Wildman–Crippen MR) is 90.4 cm³/mol. The molecule has 2 amide bonds. The summed E-state index contributed by atoms with van der Waals surface area (Å²) in [5.74, 6) is -1.19. The molecule has 0 unspecified atom stereocenters. The lowest BCUT2D eigenvalue weighted by atomic mass is 10.2. The Bertz CT molecular complexity index is 703. The summed E-state index contributed by atoms with van der Waals surface area (Å²) in [4.78, 5) is 36.8. The number of benzene rings is 1. The molecular formula is C15H13Cl2NO4S. The van der Waals surface area contributed by atoms with Gasteiger partial charge in [-0.05, 0) is 43.3 Å². The molecule has 1 aromatic carbocycles. The number of ether oxygens (including phenoxy) is 1. The molecule has 1 aliphatic heterocycles. The second kappa shape index (κ2) is 7.38. The van der Waals surface area contributed by atoms with Gasteiger partial charge in [-0.15, -0.1) is 0 Å². The molecule has 0 radical (unpaired) electrons. The van der Waals surface area contributed by atoms with Gasteiger partial charge in [-0.1, -0.05) is 35.3 Å². The summed E-state index contributed by atoms with van der Waals surface area (Å²) in [7, 11) is 0. The fraction of sp³-hybridized carbons (Fsp3) is 0.267. The molecule has 1 saturated heterocycles. The monoisotopic (exact) mass is 373 g/mol. The SMILES string of the molecule is CC(C)OC(=O)CN1C(=O)S/C(=C\c2cccc(Cl)c2Cl)C1=O. The number of carbonyl (C=O) groups excluding carboxylic acids is 3. The molecule has 8 heteroatoms. The van der Waals surface area contributed by atoms with Crippen LogP contribution in [0.4, 0.5) is 4.79 Å². The van der Waals surface area contributed by atoms with Gasteiger partial charge < -0.3 is 4.74 Å². The van der Waals surface area contributed by atoms with Gasteiger partial charge in [0.15, 0.2) is 0 Å². The Kier molecular flexibility index (Phi) is 5.73. The molecule has 0 saturated carbocycles. The Balaban J connectivity index is 2.19. The van der Waals surface area contributed by atoms with Crippen LogP contribution in [0.25, 0.3) is 6.08 Å². The van der Waals surface area contributed by atoms with Crippen molar-refractivity contribution >= 4 is 58.2 Å². The van der Waals surface area contributed by atoms with Gasteiger partial charge in [0.05, 0.1) is 21.1 Å². The van der Waals surface area contributed by atoms with E-state index in [0.717, 1.165) is 16.7 Å². The van der Waals surface area contributed by atoms with Gasteiger partial charge in [0.2, 0.25) is 0 Å². The minimum atomic E-state index is -0.635. The van der Waals surface area contributed by atoms with Crippen LogP contribution in [0.3, 0.4) is 0 Å². The van der Waals surface area contributed by atoms with Crippen molar-refractivity contribution in [3.63, 3.8) is 0 Å². The predicted octanol–water partition coefficient (Wildman–Crippen LogP) is 3.98. The summed E-state index contributed by atoms with van der Waals surface area (Å²) < 4.78 is 4.94. The lowest BCUT2D eigenvalue weighted by Crippen LogP contribution is -2.35. The van der Waals surface area contributed by atoms with Crippen LogP contribution < -0.4 is 0 Å². The fourth-order valence-electron chi connectivity index (χ4n) is 1.84. The van der Waals surface area contributed by atoms with Gasteiger partial charge in [-0.2, -0.15) is 0 Å². The number of nitrogens with zero attached hydrogens (tertiary/aromatic N) is 1. The van der Waals surface area contributed by atoms with Crippen LogP contribution in [0.2, 0.25) is 10.0 Å². The Morgan fingerprint density at radius 2 is 2.04 bits per heavy atom. The Morgan fingerprint density at radius 3 is 2.70 bits per heavy atom. The molecule has 1 aliphatic rings. The normalized spacial score (nSPS) is 16.6. The van der Waals surface area contributed by atoms with E-state index in [-0.39, 0.29) is 11.0 Å². The molecule has 23 heavy (non-hydrogen) atoms. The van der Waals surface area contributed by atoms with Crippen LogP contribution in [0, 0.1) is 0 Å². The third-order valence-corrected chi connectivity index (χ3v) is 4.54. The van der Waals surface area contributed by atoms with Crippen molar-refractivity contribution in [2.45, 2.75) is 20.0 Å². The highest BCUT2D eigenvalue weighted by Crippen LogP contribution is 2.34. The zero-order valence-corrected chi connectivity index (χ0v) is 14.7. The zero-order chi connectivity index (χ0) is 17.1. The van der Waals surface area contributed by atoms with Crippen LogP contribution in [0.5, 0.6) is 0 Å². The number of hydrogen-bond donors (Lipinski definition) is 0. The second-order valence-corrected chi connectivity index (χ2v) is 6.73. The molecule has 1 fully saturated rings. The van der Waals surface area contributed by atoms with Crippen LogP contribution in [0.15, 0.2) is 23.1 Å². The number of hydrogen-bond acceptors (Lipinski definition) is 5. The van der Waals surface area contributed by atoms with Gasteiger partial charge in [0, 0.05) is 0 Å². The number of imide groups is 1. The van der Waals surface area contributed by atoms with Gasteiger partial charge in [0.25, 0.3) is 11.1 Å². The van der Waals surface area contributed by atoms with Gasteiger partial charge in [-0.3, -0.25) is 19.3 Å². The van der Waals surface area contributed by atoms with Crippen molar-refractivity contribution in [2.75, 3.05) is 6.54 Å². The smallest absolute Gasteiger partial charge is 0.326 e. The molecule has 0 aromatic heterocycles. The molecule has 0 aliphatic carbocycles. The molecule has 0 atom stereocenters. The highest BCUT2D eigenvalue weighted by molar-refractivity contribution is 8.18. The van der Waals surface area contributed by atoms with E-state index < -0.39 is 23.7 Å². The molecule has 0 spiro atoms. The van der Waals surface area contributed by atoms with Crippen molar-refractivity contribution in [2.24, 2.45) is 0 Å². The Hall–Kier alpha value is -1.50. The zero-order valence-electron chi connectivity index (χ0n) is 12.3. The van der Waals surface area contributed by atoms with Crippen molar-refractivity contribution in [1.82, 2.24) is 4.90 Å². The summed E-state index contributed by atoms with van der Waals surface area (Å²) in [5, 5.41) is 0.112. The molecule has 0 N–H and O–H groups in total. The first-order valence-corrected chi connectivity index (χ1v) is 8.25. The lowest BCUT2D eigenvalue weighted by molar-refractivity contribution is -0.149. The maximum Gasteiger partial charge on any atom is 0.326 e. The van der Waals surface area contributed by atoms with E-state index >= 15 is 0 Å². The summed E-state index contributed by atoms with van der Waals surface area (Å²) in [6, 6.07) is 4.98. The number of esters is 1. The molecule has 1 heterocycles. The maximum atomic E-state index is 12.3. The summed E-state index contributed by atoms with van der Waals surface area (Å²) >= 11 is 12.7. The van der Waals surface area contributed by atoms with Crippen molar-refractivity contribution in [3.05, 3.63) is 38.7 Å². The quantitative estimate of drug-likeness (QED) is 0.589. The molecular weight excluding hydrogens is 361 g/mol. The molecule has 0 bridgehead atoms. The van der Waals surface area contributed by atoms with Crippen LogP contribution >= 0.6 is 35.0 Å². The van der Waals surface area contributed by atoms with Gasteiger partial charge >= 0.3 is 5.97 Å². The standard InChI is InChI=1S/C15H13Cl2NO4S/c1-8(2)22-12(19)7-18-14(20)11(23-15(18)21)6-9-4-3-5-10(16)13(9)17/h3-6,8H,7H2,1-2H3/b11-6-. The fourth-order valence-corrected chi connectivity index (χ4v) is 3.03. The average molecular weight is 374 g/mol. The number of amides is 2. The Morgan fingerprint density at radius 1 is 1.35 bits per heavy atom. The van der Waals surface area contributed by atoms with Crippen molar-refractivity contribution < 1.29 is 19.1 Å². The highest BCUT2D eigenvalue weighted by Gasteiger charge is 2.36. The van der Waals surface area contributed by atoms with E-state index in [2.05, 4.69) is 0 Å². The number of halogens is 2. The first kappa shape index (κ1) is 17.8. The lowest BCUT2D eigenvalue weighted by Gasteiger charge is -2.13. The van der Waals surface area contributed by atoms with Crippen molar-refractivity contribution in [1.29, 1.82) is 0 Å². The summed E-state index contributed by atoms with van der Waals surface area (Å²) in [6.45, 7) is 2.96. The summed E-state index contributed by atoms with van der Waals surface area (Å²) in [5.41, 5.74) is 0.523. The minimum Gasteiger partial charge on any atom is -0.462 e. The molecule has 1 aromatic rings. The highest BCUT2D eigenvalue weighted by atomic mass is 35.5. The van der Waals surface area contributed by atoms with E-state index in [4.69, 9.17) is 27.9 Å². The molecule has 2 rings (SSSR count).